The molecule has 0 radical (unpaired) electrons. The first kappa shape index (κ1) is 33.9. The normalized spacial score (nSPS) is 21.4. The van der Waals surface area contributed by atoms with E-state index in [0.717, 1.165) is 61.8 Å². The van der Waals surface area contributed by atoms with E-state index < -0.39 is 17.8 Å². The molecule has 0 atom stereocenters. The fraction of sp³-hybridized carbons (Fsp3) is 0.586. The third-order valence-corrected chi connectivity index (χ3v) is 8.81. The highest BCUT2D eigenvalue weighted by atomic mass is 35.5. The molecule has 1 aromatic carbocycles. The number of nitrogens with two attached hydrogens (primary N) is 1. The highest BCUT2D eigenvalue weighted by molar-refractivity contribution is 5.89. The fourth-order valence-electron chi connectivity index (χ4n) is 6.37. The van der Waals surface area contributed by atoms with Gasteiger partial charge in [-0.15, -0.1) is 24.8 Å². The summed E-state index contributed by atoms with van der Waals surface area (Å²) in [4.78, 5) is 28.9. The fourth-order valence-corrected chi connectivity index (χ4v) is 6.37. The number of hydrogen-bond donors (Lipinski definition) is 4. The number of likely N-dealkylation sites (tertiary alicyclic amines) is 1. The molecule has 5 N–H and O–H groups in total. The van der Waals surface area contributed by atoms with Crippen LogP contribution < -0.4 is 21.7 Å². The Morgan fingerprint density at radius 3 is 2.27 bits per heavy atom. The maximum absolute atomic E-state index is 13.1. The SMILES string of the molecule is Cl.Cl.NC1CCC(Nc2nc(NC3CCN(C(=O)Nc4cccc(C(F)(F)F)c4)CC3)c3ncn(C4CCCC4)c3n2)CC1. The second kappa shape index (κ2) is 14.4. The van der Waals surface area contributed by atoms with Crippen LogP contribution in [0.25, 0.3) is 11.2 Å². The number of nitrogens with zero attached hydrogens (tertiary/aromatic N) is 5. The van der Waals surface area contributed by atoms with Crippen LogP contribution in [0.15, 0.2) is 30.6 Å². The van der Waals surface area contributed by atoms with Gasteiger partial charge in [-0.05, 0) is 69.6 Å². The maximum atomic E-state index is 13.1. The zero-order chi connectivity index (χ0) is 29.3. The molecule has 10 nitrogen and oxygen atoms in total. The van der Waals surface area contributed by atoms with Gasteiger partial charge in [-0.25, -0.2) is 9.78 Å². The van der Waals surface area contributed by atoms with Crippen molar-refractivity contribution in [2.75, 3.05) is 29.0 Å². The van der Waals surface area contributed by atoms with Gasteiger partial charge in [0, 0.05) is 42.9 Å². The molecule has 0 bridgehead atoms. The molecule has 0 spiro atoms. The molecule has 15 heteroatoms. The Kier molecular flexibility index (Phi) is 11.1. The van der Waals surface area contributed by atoms with E-state index >= 15 is 0 Å². The molecule has 3 heterocycles. The number of amides is 2. The first-order valence-corrected chi connectivity index (χ1v) is 15.0. The summed E-state index contributed by atoms with van der Waals surface area (Å²) in [6, 6.07) is 5.24. The number of fused-ring (bicyclic) bond motifs is 1. The van der Waals surface area contributed by atoms with E-state index in [1.54, 1.807) is 4.90 Å². The minimum Gasteiger partial charge on any atom is -0.365 e. The molecule has 0 unspecified atom stereocenters. The van der Waals surface area contributed by atoms with E-state index in [2.05, 4.69) is 20.5 Å². The molecular weight excluding hydrogens is 618 g/mol. The van der Waals surface area contributed by atoms with Crippen molar-refractivity contribution in [2.45, 2.75) is 94.6 Å². The summed E-state index contributed by atoms with van der Waals surface area (Å²) in [6.45, 7) is 0.918. The van der Waals surface area contributed by atoms with Gasteiger partial charge >= 0.3 is 12.2 Å². The van der Waals surface area contributed by atoms with Gasteiger partial charge in [-0.2, -0.15) is 23.1 Å². The molecule has 6 rings (SSSR count). The Morgan fingerprint density at radius 2 is 1.59 bits per heavy atom. The van der Waals surface area contributed by atoms with Crippen LogP contribution in [0.2, 0.25) is 0 Å². The summed E-state index contributed by atoms with van der Waals surface area (Å²) in [5.74, 6) is 1.27. The number of carbonyl (C=O) groups is 1. The van der Waals surface area contributed by atoms with Gasteiger partial charge in [0.2, 0.25) is 5.95 Å². The first-order chi connectivity index (χ1) is 20.2. The summed E-state index contributed by atoms with van der Waals surface area (Å²) >= 11 is 0. The number of imidazole rings is 1. The summed E-state index contributed by atoms with van der Waals surface area (Å²) in [6.07, 6.45) is 7.28. The third kappa shape index (κ3) is 7.78. The number of nitrogens with one attached hydrogen (secondary N) is 3. The van der Waals surface area contributed by atoms with Gasteiger partial charge in [0.1, 0.15) is 0 Å². The number of benzene rings is 1. The Bertz CT molecular complexity index is 1400. The predicted molar refractivity (Wildman–Crippen MR) is 170 cm³/mol. The number of rotatable bonds is 6. The Morgan fingerprint density at radius 1 is 0.909 bits per heavy atom. The smallest absolute Gasteiger partial charge is 0.365 e. The lowest BCUT2D eigenvalue weighted by Crippen LogP contribution is -2.44. The number of aromatic nitrogens is 4. The maximum Gasteiger partial charge on any atom is 0.416 e. The van der Waals surface area contributed by atoms with Crippen molar-refractivity contribution in [1.29, 1.82) is 0 Å². The van der Waals surface area contributed by atoms with Crippen molar-refractivity contribution < 1.29 is 18.0 Å². The van der Waals surface area contributed by atoms with Gasteiger partial charge in [0.25, 0.3) is 0 Å². The zero-order valence-electron chi connectivity index (χ0n) is 24.4. The van der Waals surface area contributed by atoms with Crippen molar-refractivity contribution in [3.8, 4) is 0 Å². The Labute approximate surface area is 267 Å². The average molecular weight is 659 g/mol. The van der Waals surface area contributed by atoms with E-state index in [9.17, 15) is 18.0 Å². The highest BCUT2D eigenvalue weighted by Gasteiger charge is 2.31. The molecule has 3 fully saturated rings. The van der Waals surface area contributed by atoms with E-state index in [4.69, 9.17) is 20.7 Å². The van der Waals surface area contributed by atoms with Crippen LogP contribution in [0.4, 0.5) is 35.4 Å². The molecule has 1 saturated heterocycles. The predicted octanol–water partition coefficient (Wildman–Crippen LogP) is 6.59. The van der Waals surface area contributed by atoms with Crippen LogP contribution in [-0.4, -0.2) is 61.7 Å². The summed E-state index contributed by atoms with van der Waals surface area (Å²) in [7, 11) is 0. The van der Waals surface area contributed by atoms with Crippen molar-refractivity contribution >= 4 is 59.5 Å². The van der Waals surface area contributed by atoms with Crippen LogP contribution in [0.1, 0.15) is 75.8 Å². The van der Waals surface area contributed by atoms with Crippen LogP contribution in [0.5, 0.6) is 0 Å². The largest absolute Gasteiger partial charge is 0.416 e. The molecule has 3 aromatic rings. The summed E-state index contributed by atoms with van der Waals surface area (Å²) < 4.78 is 41.4. The van der Waals surface area contributed by atoms with Gasteiger partial charge in [0.15, 0.2) is 17.0 Å². The topological polar surface area (TPSA) is 126 Å². The standard InChI is InChI=1S/C29H38F3N9O.2ClH/c30-29(31,32)18-4-3-5-22(16-18)37-28(42)40-14-12-21(13-15-40)35-25-24-26(41(17-34-24)23-6-1-2-7-23)39-27(38-25)36-20-10-8-19(33)9-11-20;;/h3-5,16-17,19-21,23H,1-2,6-15,33H2,(H,37,42)(H2,35,36,38,39);2*1H. The molecule has 242 valence electrons. The van der Waals surface area contributed by atoms with Crippen molar-refractivity contribution in [3.05, 3.63) is 36.2 Å². The van der Waals surface area contributed by atoms with E-state index in [1.807, 2.05) is 6.33 Å². The van der Waals surface area contributed by atoms with Gasteiger partial charge < -0.3 is 31.2 Å². The molecule has 3 aliphatic rings. The number of hydrogen-bond acceptors (Lipinski definition) is 7. The number of anilines is 3. The van der Waals surface area contributed by atoms with Crippen LogP contribution in [0.3, 0.4) is 0 Å². The lowest BCUT2D eigenvalue weighted by molar-refractivity contribution is -0.137. The number of piperidine rings is 1. The van der Waals surface area contributed by atoms with Crippen molar-refractivity contribution in [3.63, 3.8) is 0 Å². The number of carbonyl (C=O) groups excluding carboxylic acids is 1. The number of alkyl halides is 3. The third-order valence-electron chi connectivity index (χ3n) is 8.81. The lowest BCUT2D eigenvalue weighted by Gasteiger charge is -2.33. The molecule has 2 aliphatic carbocycles. The quantitative estimate of drug-likeness (QED) is 0.235. The van der Waals surface area contributed by atoms with Crippen LogP contribution in [0, 0.1) is 0 Å². The van der Waals surface area contributed by atoms with E-state index in [1.165, 1.54) is 25.0 Å². The minimum absolute atomic E-state index is 0. The Balaban J connectivity index is 0.00000221. The second-order valence-corrected chi connectivity index (χ2v) is 11.8. The van der Waals surface area contributed by atoms with Crippen LogP contribution in [-0.2, 0) is 6.18 Å². The molecule has 44 heavy (non-hydrogen) atoms. The zero-order valence-corrected chi connectivity index (χ0v) is 26.0. The Hall–Kier alpha value is -3.03. The summed E-state index contributed by atoms with van der Waals surface area (Å²) in [5, 5.41) is 9.73. The summed E-state index contributed by atoms with van der Waals surface area (Å²) in [5.41, 5.74) is 7.00. The van der Waals surface area contributed by atoms with Crippen molar-refractivity contribution in [2.24, 2.45) is 5.73 Å². The number of urea groups is 1. The molecule has 2 aromatic heterocycles. The molecular formula is C29H40Cl2F3N9O. The van der Waals surface area contributed by atoms with E-state index in [-0.39, 0.29) is 48.6 Å². The highest BCUT2D eigenvalue weighted by Crippen LogP contribution is 2.34. The monoisotopic (exact) mass is 657 g/mol. The second-order valence-electron chi connectivity index (χ2n) is 11.8. The van der Waals surface area contributed by atoms with E-state index in [0.29, 0.717) is 43.7 Å². The molecule has 2 amide bonds. The van der Waals surface area contributed by atoms with Gasteiger partial charge in [-0.1, -0.05) is 18.9 Å². The van der Waals surface area contributed by atoms with Gasteiger partial charge in [-0.3, -0.25) is 0 Å². The molecule has 2 saturated carbocycles. The molecule has 1 aliphatic heterocycles. The lowest BCUT2D eigenvalue weighted by atomic mass is 9.92. The minimum atomic E-state index is -4.47. The average Bonchev–Trinajstić information content (AvgIpc) is 3.65. The number of halogens is 5. The first-order valence-electron chi connectivity index (χ1n) is 15.0. The van der Waals surface area contributed by atoms with Gasteiger partial charge in [0.05, 0.1) is 11.9 Å². The van der Waals surface area contributed by atoms with Crippen molar-refractivity contribution in [1.82, 2.24) is 24.4 Å². The van der Waals surface area contributed by atoms with Crippen LogP contribution >= 0.6 is 24.8 Å².